The van der Waals surface area contributed by atoms with E-state index in [9.17, 15) is 19.5 Å². The van der Waals surface area contributed by atoms with Gasteiger partial charge in [-0.05, 0) is 84.6 Å². The van der Waals surface area contributed by atoms with Crippen LogP contribution in [0.2, 0.25) is 0 Å². The summed E-state index contributed by atoms with van der Waals surface area (Å²) in [6, 6.07) is 5.68. The van der Waals surface area contributed by atoms with Crippen LogP contribution >= 0.6 is 27.3 Å². The molecule has 0 radical (unpaired) electrons. The molecule has 1 unspecified atom stereocenters. The minimum atomic E-state index is -0.967. The van der Waals surface area contributed by atoms with Crippen LogP contribution < -0.4 is 15.1 Å². The average molecular weight is 599 g/mol. The van der Waals surface area contributed by atoms with Crippen molar-refractivity contribution in [1.82, 2.24) is 4.98 Å². The molecule has 0 saturated carbocycles. The van der Waals surface area contributed by atoms with E-state index in [1.165, 1.54) is 12.0 Å². The largest absolute Gasteiger partial charge is 0.503 e. The summed E-state index contributed by atoms with van der Waals surface area (Å²) in [6.45, 7) is 7.33. The van der Waals surface area contributed by atoms with Crippen LogP contribution in [-0.2, 0) is 4.74 Å². The number of hydrogen-bond acceptors (Lipinski definition) is 9. The maximum atomic E-state index is 13.9. The lowest BCUT2D eigenvalue weighted by Crippen LogP contribution is -2.29. The standard InChI is InChI=1S/C27H23BrN2O7S/c1-6-36-26(34)24-13(4)29-27(38-24)30-20(14-9-16(28)22(32)18(10-14)35-5)19-21(31)15-7-11(2)12(3)8-17(15)37-23(19)25(30)33/h7-10,20,32H,6H2,1-5H3. The third-order valence-corrected chi connectivity index (χ3v) is 8.27. The van der Waals surface area contributed by atoms with Gasteiger partial charge in [-0.25, -0.2) is 9.78 Å². The van der Waals surface area contributed by atoms with Gasteiger partial charge in [0.2, 0.25) is 5.76 Å². The number of halogens is 1. The average Bonchev–Trinajstić information content (AvgIpc) is 3.39. The highest BCUT2D eigenvalue weighted by Crippen LogP contribution is 2.46. The molecular formula is C27H23BrN2O7S. The number of amides is 1. The number of carbonyl (C=O) groups is 2. The molecule has 196 valence electrons. The smallest absolute Gasteiger partial charge is 0.350 e. The zero-order chi connectivity index (χ0) is 27.5. The Bertz CT molecular complexity index is 1710. The van der Waals surface area contributed by atoms with Gasteiger partial charge >= 0.3 is 5.97 Å². The number of fused-ring (bicyclic) bond motifs is 2. The lowest BCUT2D eigenvalue weighted by atomic mass is 9.97. The minimum Gasteiger partial charge on any atom is -0.503 e. The molecule has 0 spiro atoms. The quantitative estimate of drug-likeness (QED) is 0.296. The number of aryl methyl sites for hydroxylation is 3. The molecule has 0 aliphatic carbocycles. The van der Waals surface area contributed by atoms with E-state index < -0.39 is 17.9 Å². The third kappa shape index (κ3) is 3.97. The minimum absolute atomic E-state index is 0.107. The van der Waals surface area contributed by atoms with Crippen molar-refractivity contribution in [3.63, 3.8) is 0 Å². The molecule has 4 aromatic rings. The fraction of sp³-hybridized carbons (Fsp3) is 0.259. The van der Waals surface area contributed by atoms with Crippen LogP contribution in [0.1, 0.15) is 61.1 Å². The molecule has 9 nitrogen and oxygen atoms in total. The van der Waals surface area contributed by atoms with Crippen molar-refractivity contribution in [3.05, 3.63) is 77.5 Å². The lowest BCUT2D eigenvalue weighted by molar-refractivity contribution is 0.0531. The maximum Gasteiger partial charge on any atom is 0.350 e. The Labute approximate surface area is 229 Å². The number of aromatic hydroxyl groups is 1. The van der Waals surface area contributed by atoms with Gasteiger partial charge in [0.15, 0.2) is 22.1 Å². The number of carbonyl (C=O) groups excluding carboxylic acids is 2. The first-order chi connectivity index (χ1) is 18.1. The molecule has 0 bridgehead atoms. The number of phenols is 1. The van der Waals surface area contributed by atoms with Crippen LogP contribution in [0.25, 0.3) is 11.0 Å². The van der Waals surface area contributed by atoms with Crippen LogP contribution in [0.4, 0.5) is 5.13 Å². The van der Waals surface area contributed by atoms with Crippen molar-refractivity contribution in [2.45, 2.75) is 33.7 Å². The number of rotatable bonds is 5. The molecule has 2 aromatic carbocycles. The SMILES string of the molecule is CCOC(=O)c1sc(N2C(=O)c3oc4cc(C)c(C)cc4c(=O)c3C2c2cc(Br)c(O)c(OC)c2)nc1C. The number of ether oxygens (including phenoxy) is 2. The van der Waals surface area contributed by atoms with Gasteiger partial charge in [0.1, 0.15) is 10.5 Å². The van der Waals surface area contributed by atoms with Gasteiger partial charge in [-0.1, -0.05) is 11.3 Å². The van der Waals surface area contributed by atoms with Gasteiger partial charge < -0.3 is 19.0 Å². The summed E-state index contributed by atoms with van der Waals surface area (Å²) in [7, 11) is 1.40. The second kappa shape index (κ2) is 9.55. The summed E-state index contributed by atoms with van der Waals surface area (Å²) in [5.41, 5.74) is 2.78. The molecule has 38 heavy (non-hydrogen) atoms. The van der Waals surface area contributed by atoms with Gasteiger partial charge in [-0.3, -0.25) is 14.5 Å². The first kappa shape index (κ1) is 25.9. The molecular weight excluding hydrogens is 576 g/mol. The predicted molar refractivity (Wildman–Crippen MR) is 146 cm³/mol. The number of thiazole rings is 1. The molecule has 1 aliphatic heterocycles. The molecule has 1 N–H and O–H groups in total. The number of hydrogen-bond donors (Lipinski definition) is 1. The maximum absolute atomic E-state index is 13.9. The van der Waals surface area contributed by atoms with Crippen molar-refractivity contribution in [1.29, 1.82) is 0 Å². The molecule has 0 fully saturated rings. The van der Waals surface area contributed by atoms with E-state index >= 15 is 0 Å². The van der Waals surface area contributed by atoms with Crippen molar-refractivity contribution < 1.29 is 28.6 Å². The molecule has 11 heteroatoms. The number of anilines is 1. The highest BCUT2D eigenvalue weighted by Gasteiger charge is 2.46. The van der Waals surface area contributed by atoms with Gasteiger partial charge in [0.25, 0.3) is 5.91 Å². The summed E-state index contributed by atoms with van der Waals surface area (Å²) in [5.74, 6) is -1.21. The Morgan fingerprint density at radius 1 is 1.18 bits per heavy atom. The van der Waals surface area contributed by atoms with E-state index in [1.807, 2.05) is 13.8 Å². The Balaban J connectivity index is 1.81. The molecule has 5 rings (SSSR count). The second-order valence-corrected chi connectivity index (χ2v) is 10.7. The summed E-state index contributed by atoms with van der Waals surface area (Å²) in [5, 5.41) is 11.0. The number of nitrogens with zero attached hydrogens (tertiary/aromatic N) is 2. The Kier molecular flexibility index (Phi) is 6.52. The first-order valence-corrected chi connectivity index (χ1v) is 13.3. The van der Waals surface area contributed by atoms with Gasteiger partial charge in [0, 0.05) is 0 Å². The van der Waals surface area contributed by atoms with E-state index in [0.29, 0.717) is 26.7 Å². The fourth-order valence-corrected chi connectivity index (χ4v) is 5.97. The van der Waals surface area contributed by atoms with Crippen molar-refractivity contribution in [2.24, 2.45) is 0 Å². The molecule has 1 atom stereocenters. The summed E-state index contributed by atoms with van der Waals surface area (Å²) < 4.78 is 16.9. The normalized spacial score (nSPS) is 14.7. The Hall–Kier alpha value is -3.70. The zero-order valence-electron chi connectivity index (χ0n) is 21.2. The molecule has 1 aliphatic rings. The van der Waals surface area contributed by atoms with E-state index in [2.05, 4.69) is 20.9 Å². The van der Waals surface area contributed by atoms with Crippen molar-refractivity contribution in [3.8, 4) is 11.5 Å². The molecule has 0 saturated heterocycles. The third-order valence-electron chi connectivity index (χ3n) is 6.53. The number of methoxy groups -OCH3 is 1. The Morgan fingerprint density at radius 3 is 2.58 bits per heavy atom. The molecule has 1 amide bonds. The van der Waals surface area contributed by atoms with Crippen LogP contribution in [-0.4, -0.2) is 35.7 Å². The first-order valence-electron chi connectivity index (χ1n) is 11.7. The van der Waals surface area contributed by atoms with Gasteiger partial charge in [-0.2, -0.15) is 0 Å². The monoisotopic (exact) mass is 598 g/mol. The highest BCUT2D eigenvalue weighted by molar-refractivity contribution is 9.10. The van der Waals surface area contributed by atoms with Crippen LogP contribution in [0.3, 0.4) is 0 Å². The second-order valence-electron chi connectivity index (χ2n) is 8.87. The van der Waals surface area contributed by atoms with Crippen LogP contribution in [0.5, 0.6) is 11.5 Å². The van der Waals surface area contributed by atoms with E-state index in [1.54, 1.807) is 38.1 Å². The number of benzene rings is 2. The molecule has 2 aromatic heterocycles. The van der Waals surface area contributed by atoms with Crippen molar-refractivity contribution in [2.75, 3.05) is 18.6 Å². The summed E-state index contributed by atoms with van der Waals surface area (Å²) in [6.07, 6.45) is 0. The van der Waals surface area contributed by atoms with E-state index in [-0.39, 0.29) is 44.9 Å². The van der Waals surface area contributed by atoms with Crippen molar-refractivity contribution >= 4 is 55.2 Å². The van der Waals surface area contributed by atoms with Crippen LogP contribution in [0, 0.1) is 20.8 Å². The van der Waals surface area contributed by atoms with Crippen LogP contribution in [0.15, 0.2) is 37.9 Å². The highest BCUT2D eigenvalue weighted by atomic mass is 79.9. The number of phenolic OH excluding ortho intramolecular Hbond substituents is 1. The number of aromatic nitrogens is 1. The topological polar surface area (TPSA) is 119 Å². The van der Waals surface area contributed by atoms with E-state index in [4.69, 9.17) is 13.9 Å². The van der Waals surface area contributed by atoms with Gasteiger partial charge in [-0.15, -0.1) is 0 Å². The predicted octanol–water partition coefficient (Wildman–Crippen LogP) is 5.58. The zero-order valence-corrected chi connectivity index (χ0v) is 23.6. The molecule has 3 heterocycles. The summed E-state index contributed by atoms with van der Waals surface area (Å²) in [4.78, 5) is 46.5. The fourth-order valence-electron chi connectivity index (χ4n) is 4.52. The summed E-state index contributed by atoms with van der Waals surface area (Å²) >= 11 is 4.33. The lowest BCUT2D eigenvalue weighted by Gasteiger charge is -2.23. The number of esters is 1. The van der Waals surface area contributed by atoms with E-state index in [0.717, 1.165) is 22.5 Å². The Morgan fingerprint density at radius 2 is 1.89 bits per heavy atom. The van der Waals surface area contributed by atoms with Gasteiger partial charge in [0.05, 0.1) is 40.9 Å².